The van der Waals surface area contributed by atoms with Gasteiger partial charge in [0.15, 0.2) is 0 Å². The molecule has 0 fully saturated rings. The molecular formula is C22H27NO4. The zero-order chi connectivity index (χ0) is 20.0. The van der Waals surface area contributed by atoms with Crippen molar-refractivity contribution in [1.29, 1.82) is 0 Å². The van der Waals surface area contributed by atoms with Crippen molar-refractivity contribution in [3.05, 3.63) is 53.1 Å². The Morgan fingerprint density at radius 1 is 1.00 bits per heavy atom. The summed E-state index contributed by atoms with van der Waals surface area (Å²) in [4.78, 5) is 22.9. The smallest absolute Gasteiger partial charge is 0.407 e. The number of carbonyl (C=O) groups excluding carboxylic acids is 2. The molecule has 2 rings (SSSR count). The average molecular weight is 369 g/mol. The van der Waals surface area contributed by atoms with Crippen molar-refractivity contribution >= 4 is 12.4 Å². The van der Waals surface area contributed by atoms with Crippen molar-refractivity contribution in [3.8, 4) is 16.9 Å². The summed E-state index contributed by atoms with van der Waals surface area (Å²) in [7, 11) is 0. The monoisotopic (exact) mass is 369 g/mol. The maximum atomic E-state index is 11.6. The molecule has 0 radical (unpaired) electrons. The zero-order valence-electron chi connectivity index (χ0n) is 16.6. The Morgan fingerprint density at radius 2 is 1.63 bits per heavy atom. The Kier molecular flexibility index (Phi) is 6.61. The number of amides is 1. The summed E-state index contributed by atoms with van der Waals surface area (Å²) >= 11 is 0. The fraction of sp³-hybridized carbons (Fsp3) is 0.364. The van der Waals surface area contributed by atoms with E-state index in [4.69, 9.17) is 9.47 Å². The van der Waals surface area contributed by atoms with Crippen molar-refractivity contribution in [2.45, 2.75) is 40.2 Å². The average Bonchev–Trinajstić information content (AvgIpc) is 2.56. The first-order valence-electron chi connectivity index (χ1n) is 8.95. The third-order valence-corrected chi connectivity index (χ3v) is 3.66. The van der Waals surface area contributed by atoms with E-state index in [1.54, 1.807) is 6.07 Å². The molecule has 1 N–H and O–H groups in total. The van der Waals surface area contributed by atoms with Crippen LogP contribution in [0.2, 0.25) is 0 Å². The van der Waals surface area contributed by atoms with Crippen molar-refractivity contribution in [2.75, 3.05) is 13.2 Å². The van der Waals surface area contributed by atoms with Crippen LogP contribution >= 0.6 is 0 Å². The van der Waals surface area contributed by atoms with E-state index < -0.39 is 11.7 Å². The van der Waals surface area contributed by atoms with E-state index in [0.29, 0.717) is 17.9 Å². The summed E-state index contributed by atoms with van der Waals surface area (Å²) in [6.45, 7) is 10.1. The molecule has 0 saturated heterocycles. The van der Waals surface area contributed by atoms with Crippen LogP contribution in [-0.2, 0) is 4.74 Å². The van der Waals surface area contributed by atoms with Crippen LogP contribution in [0.4, 0.5) is 4.79 Å². The van der Waals surface area contributed by atoms with Crippen molar-refractivity contribution in [1.82, 2.24) is 5.32 Å². The standard InChI is InChI=1S/C22H27NO4/c1-15-8-16(2)10-18(9-15)19-11-17(14-24)12-20(13-19)26-7-6-23-21(25)27-22(3,4)5/h8-14H,6-7H2,1-5H3,(H,23,25). The minimum absolute atomic E-state index is 0.272. The number of aldehydes is 1. The summed E-state index contributed by atoms with van der Waals surface area (Å²) < 4.78 is 10.9. The summed E-state index contributed by atoms with van der Waals surface area (Å²) in [6.07, 6.45) is 0.321. The van der Waals surface area contributed by atoms with Gasteiger partial charge in [0, 0.05) is 5.56 Å². The first kappa shape index (κ1) is 20.5. The van der Waals surface area contributed by atoms with Crippen LogP contribution in [0.25, 0.3) is 11.1 Å². The lowest BCUT2D eigenvalue weighted by atomic mass is 9.99. The van der Waals surface area contributed by atoms with E-state index in [2.05, 4.69) is 23.5 Å². The van der Waals surface area contributed by atoms with Crippen LogP contribution in [0.1, 0.15) is 42.3 Å². The highest BCUT2D eigenvalue weighted by atomic mass is 16.6. The number of hydrogen-bond acceptors (Lipinski definition) is 4. The van der Waals surface area contributed by atoms with E-state index in [0.717, 1.165) is 28.5 Å². The van der Waals surface area contributed by atoms with E-state index in [1.807, 2.05) is 46.8 Å². The fourth-order valence-electron chi connectivity index (χ4n) is 2.72. The van der Waals surface area contributed by atoms with Crippen LogP contribution < -0.4 is 10.1 Å². The molecule has 5 nitrogen and oxygen atoms in total. The van der Waals surface area contributed by atoms with E-state index in [9.17, 15) is 9.59 Å². The summed E-state index contributed by atoms with van der Waals surface area (Å²) in [5, 5.41) is 2.64. The summed E-state index contributed by atoms with van der Waals surface area (Å²) in [5.74, 6) is 0.583. The number of hydrogen-bond donors (Lipinski definition) is 1. The molecule has 27 heavy (non-hydrogen) atoms. The largest absolute Gasteiger partial charge is 0.492 e. The highest BCUT2D eigenvalue weighted by Crippen LogP contribution is 2.27. The molecule has 5 heteroatoms. The topological polar surface area (TPSA) is 64.6 Å². The molecule has 0 saturated carbocycles. The number of benzene rings is 2. The molecule has 0 unspecified atom stereocenters. The Balaban J connectivity index is 2.05. The van der Waals surface area contributed by atoms with Crippen molar-refractivity contribution in [3.63, 3.8) is 0 Å². The van der Waals surface area contributed by atoms with Crippen LogP contribution in [0.3, 0.4) is 0 Å². The molecule has 0 spiro atoms. The maximum absolute atomic E-state index is 11.6. The molecule has 0 aromatic heterocycles. The van der Waals surface area contributed by atoms with Crippen molar-refractivity contribution < 1.29 is 19.1 Å². The van der Waals surface area contributed by atoms with Gasteiger partial charge in [-0.05, 0) is 63.9 Å². The van der Waals surface area contributed by atoms with Gasteiger partial charge in [0.2, 0.25) is 0 Å². The lowest BCUT2D eigenvalue weighted by Gasteiger charge is -2.19. The Morgan fingerprint density at radius 3 is 2.22 bits per heavy atom. The number of nitrogens with one attached hydrogen (secondary N) is 1. The molecule has 0 aliphatic heterocycles. The molecule has 0 aliphatic carbocycles. The van der Waals surface area contributed by atoms with Gasteiger partial charge in [-0.25, -0.2) is 4.79 Å². The van der Waals surface area contributed by atoms with Gasteiger partial charge in [-0.2, -0.15) is 0 Å². The van der Waals surface area contributed by atoms with Gasteiger partial charge in [-0.1, -0.05) is 29.3 Å². The van der Waals surface area contributed by atoms with E-state index in [1.165, 1.54) is 0 Å². The number of carbonyl (C=O) groups is 2. The summed E-state index contributed by atoms with van der Waals surface area (Å²) in [6, 6.07) is 11.7. The third kappa shape index (κ3) is 6.77. The van der Waals surface area contributed by atoms with Gasteiger partial charge < -0.3 is 14.8 Å². The molecule has 144 valence electrons. The molecule has 2 aromatic carbocycles. The highest BCUT2D eigenvalue weighted by molar-refractivity contribution is 5.80. The molecule has 2 aromatic rings. The van der Waals surface area contributed by atoms with Gasteiger partial charge in [-0.3, -0.25) is 4.79 Å². The number of alkyl carbamates (subject to hydrolysis) is 1. The van der Waals surface area contributed by atoms with Gasteiger partial charge in [0.1, 0.15) is 24.2 Å². The first-order valence-corrected chi connectivity index (χ1v) is 8.95. The Hall–Kier alpha value is -2.82. The lowest BCUT2D eigenvalue weighted by Crippen LogP contribution is -2.34. The number of aryl methyl sites for hydroxylation is 2. The Labute approximate surface area is 160 Å². The molecular weight excluding hydrogens is 342 g/mol. The van der Waals surface area contributed by atoms with E-state index >= 15 is 0 Å². The minimum Gasteiger partial charge on any atom is -0.492 e. The number of ether oxygens (including phenoxy) is 2. The van der Waals surface area contributed by atoms with Crippen LogP contribution in [0, 0.1) is 13.8 Å². The molecule has 0 aliphatic rings. The highest BCUT2D eigenvalue weighted by Gasteiger charge is 2.15. The van der Waals surface area contributed by atoms with Gasteiger partial charge in [0.25, 0.3) is 0 Å². The predicted molar refractivity (Wildman–Crippen MR) is 106 cm³/mol. The Bertz CT molecular complexity index is 801. The van der Waals surface area contributed by atoms with Crippen LogP contribution in [0.15, 0.2) is 36.4 Å². The molecule has 0 atom stereocenters. The van der Waals surface area contributed by atoms with Gasteiger partial charge in [0.05, 0.1) is 6.54 Å². The maximum Gasteiger partial charge on any atom is 0.407 e. The zero-order valence-corrected chi connectivity index (χ0v) is 16.6. The first-order chi connectivity index (χ1) is 12.7. The second-order valence-corrected chi connectivity index (χ2v) is 7.56. The summed E-state index contributed by atoms with van der Waals surface area (Å²) in [5.41, 5.74) is 4.27. The van der Waals surface area contributed by atoms with Crippen molar-refractivity contribution in [2.24, 2.45) is 0 Å². The van der Waals surface area contributed by atoms with Gasteiger partial charge >= 0.3 is 6.09 Å². The van der Waals surface area contributed by atoms with Crippen LogP contribution in [-0.4, -0.2) is 31.1 Å². The second kappa shape index (κ2) is 8.71. The second-order valence-electron chi connectivity index (χ2n) is 7.56. The molecule has 1 amide bonds. The quantitative estimate of drug-likeness (QED) is 0.593. The lowest BCUT2D eigenvalue weighted by molar-refractivity contribution is 0.0520. The van der Waals surface area contributed by atoms with Crippen LogP contribution in [0.5, 0.6) is 5.75 Å². The normalized spacial score (nSPS) is 11.0. The van der Waals surface area contributed by atoms with E-state index in [-0.39, 0.29) is 6.61 Å². The minimum atomic E-state index is -0.538. The molecule has 0 bridgehead atoms. The van der Waals surface area contributed by atoms with Gasteiger partial charge in [-0.15, -0.1) is 0 Å². The predicted octanol–water partition coefficient (Wildman–Crippen LogP) is 4.69. The number of rotatable bonds is 6. The third-order valence-electron chi connectivity index (χ3n) is 3.66. The fourth-order valence-corrected chi connectivity index (χ4v) is 2.72. The molecule has 0 heterocycles. The SMILES string of the molecule is Cc1cc(C)cc(-c2cc(C=O)cc(OCCNC(=O)OC(C)(C)C)c2)c1.